The molecule has 0 fully saturated rings. The Balaban J connectivity index is 1.19. The van der Waals surface area contributed by atoms with E-state index in [0.717, 1.165) is 11.4 Å². The fourth-order valence-electron chi connectivity index (χ4n) is 10.3. The Morgan fingerprint density at radius 3 is 1.25 bits per heavy atom. The topological polar surface area (TPSA) is 3.24 Å². The van der Waals surface area contributed by atoms with Crippen molar-refractivity contribution in [3.05, 3.63) is 258 Å². The van der Waals surface area contributed by atoms with Crippen LogP contribution < -0.4 is 4.90 Å². The lowest BCUT2D eigenvalue weighted by Gasteiger charge is -2.47. The molecule has 0 bridgehead atoms. The van der Waals surface area contributed by atoms with E-state index in [9.17, 15) is 0 Å². The minimum atomic E-state index is -0.550. The third kappa shape index (κ3) is 5.39. The zero-order valence-corrected chi connectivity index (χ0v) is 33.3. The average Bonchev–Trinajstić information content (AvgIpc) is 3.61. The molecule has 0 heterocycles. The van der Waals surface area contributed by atoms with E-state index in [2.05, 4.69) is 243 Å². The van der Waals surface area contributed by atoms with Crippen LogP contribution in [0.3, 0.4) is 0 Å². The van der Waals surface area contributed by atoms with Gasteiger partial charge in [-0.25, -0.2) is 0 Å². The van der Waals surface area contributed by atoms with Gasteiger partial charge in [0.05, 0.1) is 11.1 Å². The lowest BCUT2D eigenvalue weighted by atomic mass is 9.55. The predicted molar refractivity (Wildman–Crippen MR) is 247 cm³/mol. The quantitative estimate of drug-likeness (QED) is 0.163. The van der Waals surface area contributed by atoms with Crippen molar-refractivity contribution in [1.29, 1.82) is 0 Å². The van der Waals surface area contributed by atoms with E-state index < -0.39 is 5.41 Å². The molecule has 0 amide bonds. The number of rotatable bonds is 6. The molecule has 1 nitrogen and oxygen atoms in total. The average molecular weight is 754 g/mol. The second kappa shape index (κ2) is 13.7. The molecule has 9 aromatic rings. The van der Waals surface area contributed by atoms with E-state index >= 15 is 0 Å². The monoisotopic (exact) mass is 753 g/mol. The highest BCUT2D eigenvalue weighted by Crippen LogP contribution is 2.64. The molecule has 0 saturated heterocycles. The van der Waals surface area contributed by atoms with Crippen LogP contribution in [-0.2, 0) is 10.8 Å². The van der Waals surface area contributed by atoms with Crippen molar-refractivity contribution in [2.75, 3.05) is 4.90 Å². The second-order valence-corrected chi connectivity index (χ2v) is 16.5. The maximum atomic E-state index is 2.52. The SMILES string of the molecule is CC1(C)c2ccccc2C2(c3ccccc3-c3cccc(N(c4cccc(-c5ccccc5)c4)c4cccc(-c5ccc(-c6ccccc6)cc5)c4)c32)c2ccccc21. The standard InChI is InChI=1S/C58H43N/c1-57(2)51-29-11-13-31-53(51)58(54-32-14-12-30-52(54)57)50-28-10-9-26-48(50)49-27-17-33-55(56(49)58)59(46-24-15-22-44(38-46)41-20-7-4-8-21-41)47-25-16-23-45(39-47)43-36-34-42(35-37-43)40-18-5-3-6-19-40/h3-39H,1-2H3. The first-order valence-corrected chi connectivity index (χ1v) is 20.7. The number of anilines is 3. The first-order chi connectivity index (χ1) is 29.0. The molecule has 2 aliphatic rings. The fourth-order valence-corrected chi connectivity index (χ4v) is 10.3. The highest BCUT2D eigenvalue weighted by Gasteiger charge is 2.54. The van der Waals surface area contributed by atoms with Crippen LogP contribution in [0.5, 0.6) is 0 Å². The molecular formula is C58H43N. The van der Waals surface area contributed by atoms with Crippen molar-refractivity contribution in [3.63, 3.8) is 0 Å². The summed E-state index contributed by atoms with van der Waals surface area (Å²) in [5.74, 6) is 0. The number of nitrogens with zero attached hydrogens (tertiary/aromatic N) is 1. The van der Waals surface area contributed by atoms with Gasteiger partial charge in [0.25, 0.3) is 0 Å². The Kier molecular flexibility index (Phi) is 8.13. The van der Waals surface area contributed by atoms with Crippen LogP contribution in [0, 0.1) is 0 Å². The van der Waals surface area contributed by atoms with Crippen molar-refractivity contribution >= 4 is 17.1 Å². The van der Waals surface area contributed by atoms with Gasteiger partial charge in [-0.05, 0) is 103 Å². The van der Waals surface area contributed by atoms with Gasteiger partial charge in [-0.2, -0.15) is 0 Å². The summed E-state index contributed by atoms with van der Waals surface area (Å²) in [4.78, 5) is 2.52. The molecule has 0 radical (unpaired) electrons. The maximum Gasteiger partial charge on any atom is 0.0740 e. The molecule has 0 aromatic heterocycles. The lowest BCUT2D eigenvalue weighted by molar-refractivity contribution is 0.563. The van der Waals surface area contributed by atoms with Crippen molar-refractivity contribution in [2.24, 2.45) is 0 Å². The summed E-state index contributed by atoms with van der Waals surface area (Å²) >= 11 is 0. The van der Waals surface area contributed by atoms with Gasteiger partial charge >= 0.3 is 0 Å². The molecule has 59 heavy (non-hydrogen) atoms. The van der Waals surface area contributed by atoms with Crippen molar-refractivity contribution < 1.29 is 0 Å². The Morgan fingerprint density at radius 1 is 0.305 bits per heavy atom. The summed E-state index contributed by atoms with van der Waals surface area (Å²) in [6.45, 7) is 4.79. The second-order valence-electron chi connectivity index (χ2n) is 16.5. The number of hydrogen-bond donors (Lipinski definition) is 0. The summed E-state index contributed by atoms with van der Waals surface area (Å²) in [6, 6.07) is 83.0. The number of benzene rings is 9. The lowest BCUT2D eigenvalue weighted by Crippen LogP contribution is -2.41. The summed E-state index contributed by atoms with van der Waals surface area (Å²) in [6.07, 6.45) is 0. The first kappa shape index (κ1) is 35.0. The summed E-state index contributed by atoms with van der Waals surface area (Å²) < 4.78 is 0. The van der Waals surface area contributed by atoms with E-state index in [1.54, 1.807) is 0 Å². The third-order valence-electron chi connectivity index (χ3n) is 12.9. The molecule has 0 atom stereocenters. The van der Waals surface area contributed by atoms with E-state index in [-0.39, 0.29) is 5.41 Å². The smallest absolute Gasteiger partial charge is 0.0740 e. The van der Waals surface area contributed by atoms with Crippen LogP contribution in [0.1, 0.15) is 47.2 Å². The van der Waals surface area contributed by atoms with E-state index in [1.807, 2.05) is 0 Å². The minimum absolute atomic E-state index is 0.181. The van der Waals surface area contributed by atoms with Gasteiger partial charge in [0.2, 0.25) is 0 Å². The number of hydrogen-bond acceptors (Lipinski definition) is 1. The maximum absolute atomic E-state index is 2.52. The molecule has 11 rings (SSSR count). The van der Waals surface area contributed by atoms with Crippen LogP contribution in [0.4, 0.5) is 17.1 Å². The normalized spacial score (nSPS) is 13.9. The van der Waals surface area contributed by atoms with Crippen molar-refractivity contribution in [1.82, 2.24) is 0 Å². The molecule has 1 spiro atoms. The summed E-state index contributed by atoms with van der Waals surface area (Å²) in [5.41, 5.74) is 20.5. The molecule has 0 aliphatic heterocycles. The van der Waals surface area contributed by atoms with Gasteiger partial charge in [0.1, 0.15) is 0 Å². The third-order valence-corrected chi connectivity index (χ3v) is 12.9. The van der Waals surface area contributed by atoms with Crippen LogP contribution >= 0.6 is 0 Å². The Labute approximate surface area is 347 Å². The van der Waals surface area contributed by atoms with Gasteiger partial charge < -0.3 is 4.90 Å². The Morgan fingerprint density at radius 2 is 0.695 bits per heavy atom. The van der Waals surface area contributed by atoms with Crippen LogP contribution in [-0.4, -0.2) is 0 Å². The van der Waals surface area contributed by atoms with E-state index in [1.165, 1.54) is 83.6 Å². The molecule has 0 N–H and O–H groups in total. The van der Waals surface area contributed by atoms with E-state index in [4.69, 9.17) is 0 Å². The highest BCUT2D eigenvalue weighted by atomic mass is 15.1. The first-order valence-electron chi connectivity index (χ1n) is 20.7. The molecular weight excluding hydrogens is 711 g/mol. The molecule has 2 aliphatic carbocycles. The molecule has 0 saturated carbocycles. The Bertz CT molecular complexity index is 2960. The van der Waals surface area contributed by atoms with Gasteiger partial charge in [-0.3, -0.25) is 0 Å². The molecule has 0 unspecified atom stereocenters. The summed E-state index contributed by atoms with van der Waals surface area (Å²) in [5, 5.41) is 0. The predicted octanol–water partition coefficient (Wildman–Crippen LogP) is 15.2. The van der Waals surface area contributed by atoms with Crippen molar-refractivity contribution in [2.45, 2.75) is 24.7 Å². The van der Waals surface area contributed by atoms with Crippen LogP contribution in [0.2, 0.25) is 0 Å². The molecule has 9 aromatic carbocycles. The van der Waals surface area contributed by atoms with Crippen LogP contribution in [0.25, 0.3) is 44.5 Å². The minimum Gasteiger partial charge on any atom is -0.310 e. The zero-order valence-electron chi connectivity index (χ0n) is 33.3. The fraction of sp³-hybridized carbons (Fsp3) is 0.0690. The van der Waals surface area contributed by atoms with Gasteiger partial charge in [0, 0.05) is 22.4 Å². The molecule has 1 heteroatoms. The van der Waals surface area contributed by atoms with Gasteiger partial charge in [0.15, 0.2) is 0 Å². The van der Waals surface area contributed by atoms with Crippen LogP contribution in [0.15, 0.2) is 224 Å². The number of fused-ring (bicyclic) bond motifs is 9. The molecule has 280 valence electrons. The summed E-state index contributed by atoms with van der Waals surface area (Å²) in [7, 11) is 0. The Hall–Kier alpha value is -7.22. The largest absolute Gasteiger partial charge is 0.310 e. The zero-order chi connectivity index (χ0) is 39.6. The van der Waals surface area contributed by atoms with Gasteiger partial charge in [-0.15, -0.1) is 0 Å². The van der Waals surface area contributed by atoms with E-state index in [0.29, 0.717) is 0 Å². The van der Waals surface area contributed by atoms with Crippen molar-refractivity contribution in [3.8, 4) is 44.5 Å². The van der Waals surface area contributed by atoms with Gasteiger partial charge in [-0.1, -0.05) is 208 Å². The highest BCUT2D eigenvalue weighted by molar-refractivity contribution is 5.96.